The van der Waals surface area contributed by atoms with E-state index in [9.17, 15) is 26.5 Å². The SMILES string of the molecule is CC[N+](C)(CC)C(C)(C)C(C)(C)C.O=C(O)C(F)(F)S(=O)(=O)[O-]. The first kappa shape index (κ1) is 24.5. The molecule has 0 unspecified atom stereocenters. The molecule has 0 amide bonds. The average molecular weight is 361 g/mol. The van der Waals surface area contributed by atoms with Crippen LogP contribution in [0.15, 0.2) is 0 Å². The molecule has 0 aliphatic carbocycles. The van der Waals surface area contributed by atoms with Gasteiger partial charge in [-0.15, -0.1) is 0 Å². The van der Waals surface area contributed by atoms with Crippen LogP contribution in [0.1, 0.15) is 48.5 Å². The molecule has 0 aliphatic rings. The summed E-state index contributed by atoms with van der Waals surface area (Å²) in [6, 6.07) is 0. The molecule has 0 aromatic heterocycles. The van der Waals surface area contributed by atoms with E-state index in [2.05, 4.69) is 55.5 Å². The van der Waals surface area contributed by atoms with Crippen LogP contribution in [0.2, 0.25) is 0 Å². The number of rotatable bonds is 5. The van der Waals surface area contributed by atoms with Gasteiger partial charge < -0.3 is 14.1 Å². The van der Waals surface area contributed by atoms with Gasteiger partial charge in [-0.05, 0) is 27.7 Å². The summed E-state index contributed by atoms with van der Waals surface area (Å²) in [4.78, 5) is 9.34. The Bertz CT molecular complexity index is 506. The van der Waals surface area contributed by atoms with E-state index in [1.165, 1.54) is 13.1 Å². The van der Waals surface area contributed by atoms with Crippen LogP contribution < -0.4 is 0 Å². The molecule has 0 bridgehead atoms. The molecule has 0 aromatic carbocycles. The second-order valence-corrected chi connectivity index (χ2v) is 8.53. The van der Waals surface area contributed by atoms with Gasteiger partial charge in [0.2, 0.25) is 0 Å². The van der Waals surface area contributed by atoms with Gasteiger partial charge in [0.05, 0.1) is 25.7 Å². The molecule has 0 aliphatic heterocycles. The van der Waals surface area contributed by atoms with E-state index in [-0.39, 0.29) is 0 Å². The monoisotopic (exact) mass is 361 g/mol. The highest BCUT2D eigenvalue weighted by Gasteiger charge is 2.47. The first-order valence-corrected chi connectivity index (χ1v) is 8.64. The van der Waals surface area contributed by atoms with E-state index >= 15 is 0 Å². The third-order valence-electron chi connectivity index (χ3n) is 5.14. The number of alkyl halides is 2. The second-order valence-electron chi connectivity index (χ2n) is 7.11. The van der Waals surface area contributed by atoms with Crippen molar-refractivity contribution in [2.45, 2.75) is 59.3 Å². The van der Waals surface area contributed by atoms with Crippen molar-refractivity contribution in [1.29, 1.82) is 0 Å². The lowest BCUT2D eigenvalue weighted by Gasteiger charge is -2.53. The summed E-state index contributed by atoms with van der Waals surface area (Å²) >= 11 is 0. The van der Waals surface area contributed by atoms with E-state index in [1.54, 1.807) is 0 Å². The van der Waals surface area contributed by atoms with Crippen LogP contribution >= 0.6 is 0 Å². The maximum absolute atomic E-state index is 11.6. The van der Waals surface area contributed by atoms with Crippen molar-refractivity contribution in [3.05, 3.63) is 0 Å². The maximum atomic E-state index is 11.6. The van der Waals surface area contributed by atoms with Crippen LogP contribution in [0.4, 0.5) is 8.78 Å². The number of hydrogen-bond acceptors (Lipinski definition) is 4. The normalized spacial score (nSPS) is 14.0. The van der Waals surface area contributed by atoms with Crippen molar-refractivity contribution >= 4 is 16.1 Å². The minimum Gasteiger partial charge on any atom is -0.743 e. The number of halogens is 2. The Balaban J connectivity index is 0. The van der Waals surface area contributed by atoms with Gasteiger partial charge in [-0.3, -0.25) is 0 Å². The fourth-order valence-electron chi connectivity index (χ4n) is 1.93. The Kier molecular flexibility index (Phi) is 7.86. The summed E-state index contributed by atoms with van der Waals surface area (Å²) in [5.41, 5.74) is 0.685. The highest BCUT2D eigenvalue weighted by molar-refractivity contribution is 7.87. The van der Waals surface area contributed by atoms with Crippen molar-refractivity contribution in [2.75, 3.05) is 20.1 Å². The quantitative estimate of drug-likeness (QED) is 0.600. The molecule has 0 aromatic rings. The molecule has 0 heterocycles. The molecular weight excluding hydrogens is 332 g/mol. The topological polar surface area (TPSA) is 94.5 Å². The van der Waals surface area contributed by atoms with Crippen LogP contribution in [0.3, 0.4) is 0 Å². The van der Waals surface area contributed by atoms with Crippen molar-refractivity contribution in [3.8, 4) is 0 Å². The predicted octanol–water partition coefficient (Wildman–Crippen LogP) is 2.51. The molecule has 6 nitrogen and oxygen atoms in total. The molecule has 23 heavy (non-hydrogen) atoms. The molecule has 0 rings (SSSR count). The molecule has 140 valence electrons. The first-order valence-electron chi connectivity index (χ1n) is 7.23. The number of quaternary nitrogens is 1. The third-order valence-corrected chi connectivity index (χ3v) is 5.95. The molecular formula is C14H29F2NO5S. The number of carbonyl (C=O) groups is 1. The minimum absolute atomic E-state index is 0.330. The third kappa shape index (κ3) is 5.36. The largest absolute Gasteiger partial charge is 0.743 e. The molecule has 0 fully saturated rings. The second kappa shape index (κ2) is 7.40. The van der Waals surface area contributed by atoms with Crippen LogP contribution in [0.25, 0.3) is 0 Å². The summed E-state index contributed by atoms with van der Waals surface area (Å²) in [6.45, 7) is 18.8. The highest BCUT2D eigenvalue weighted by Crippen LogP contribution is 2.38. The van der Waals surface area contributed by atoms with Crippen molar-refractivity contribution < 1.29 is 36.1 Å². The van der Waals surface area contributed by atoms with Gasteiger partial charge in [0.1, 0.15) is 0 Å². The minimum atomic E-state index is -6.08. The van der Waals surface area contributed by atoms with Crippen LogP contribution in [-0.4, -0.2) is 59.5 Å². The van der Waals surface area contributed by atoms with Crippen molar-refractivity contribution in [3.63, 3.8) is 0 Å². The summed E-state index contributed by atoms with van der Waals surface area (Å²) < 4.78 is 52.5. The Morgan fingerprint density at radius 1 is 1.09 bits per heavy atom. The van der Waals surface area contributed by atoms with Crippen molar-refractivity contribution in [2.24, 2.45) is 5.41 Å². The predicted molar refractivity (Wildman–Crippen MR) is 83.1 cm³/mol. The van der Waals surface area contributed by atoms with E-state index in [4.69, 9.17) is 5.11 Å². The molecule has 0 atom stereocenters. The molecule has 0 spiro atoms. The Labute approximate surface area is 137 Å². The Hall–Kier alpha value is -0.800. The number of carboxylic acid groups (broad SMARTS) is 1. The van der Waals surface area contributed by atoms with Gasteiger partial charge >= 0.3 is 11.2 Å². The fraction of sp³-hybridized carbons (Fsp3) is 0.929. The van der Waals surface area contributed by atoms with Crippen LogP contribution in [-0.2, 0) is 14.9 Å². The number of hydrogen-bond donors (Lipinski definition) is 1. The zero-order valence-corrected chi connectivity index (χ0v) is 15.9. The lowest BCUT2D eigenvalue weighted by Crippen LogP contribution is -2.64. The smallest absolute Gasteiger partial charge is 0.428 e. The Morgan fingerprint density at radius 2 is 1.39 bits per heavy atom. The van der Waals surface area contributed by atoms with Gasteiger partial charge in [0.25, 0.3) is 0 Å². The van der Waals surface area contributed by atoms with Gasteiger partial charge in [-0.1, -0.05) is 20.8 Å². The fourth-order valence-corrected chi connectivity index (χ4v) is 2.14. The lowest BCUT2D eigenvalue weighted by molar-refractivity contribution is -0.960. The summed E-state index contributed by atoms with van der Waals surface area (Å²) in [5.74, 6) is -2.97. The highest BCUT2D eigenvalue weighted by atomic mass is 32.2. The van der Waals surface area contributed by atoms with E-state index in [0.29, 0.717) is 11.0 Å². The molecule has 1 N–H and O–H groups in total. The van der Waals surface area contributed by atoms with E-state index < -0.39 is 21.3 Å². The standard InChI is InChI=1S/C12H28N.C2H2F2O5S/c1-9-13(8,10-2)12(6,7)11(3,4)5;3-2(4,1(5)6)10(7,8)9/h9-10H2,1-8H3;(H,5,6)(H,7,8,9)/q+1;/p-1. The summed E-state index contributed by atoms with van der Waals surface area (Å²) in [6.07, 6.45) is 0. The average Bonchev–Trinajstić information content (AvgIpc) is 2.35. The van der Waals surface area contributed by atoms with E-state index in [1.807, 2.05) is 0 Å². The molecule has 9 heteroatoms. The first-order chi connectivity index (χ1) is 9.81. The van der Waals surface area contributed by atoms with Crippen molar-refractivity contribution in [1.82, 2.24) is 0 Å². The Morgan fingerprint density at radius 3 is 1.43 bits per heavy atom. The van der Waals surface area contributed by atoms with Gasteiger partial charge in [-0.25, -0.2) is 13.2 Å². The molecule has 0 radical (unpaired) electrons. The number of nitrogens with zero attached hydrogens (tertiary/aromatic N) is 1. The maximum Gasteiger partial charge on any atom is 0.428 e. The van der Waals surface area contributed by atoms with Gasteiger partial charge in [0, 0.05) is 5.41 Å². The number of carboxylic acids is 1. The number of aliphatic carboxylic acids is 1. The van der Waals surface area contributed by atoms with Crippen LogP contribution in [0.5, 0.6) is 0 Å². The van der Waals surface area contributed by atoms with Gasteiger partial charge in [0.15, 0.2) is 10.1 Å². The molecule has 0 saturated carbocycles. The summed E-state index contributed by atoms with van der Waals surface area (Å²) in [7, 11) is -3.72. The summed E-state index contributed by atoms with van der Waals surface area (Å²) in [5, 5.41) is 2.22. The zero-order chi connectivity index (χ0) is 19.5. The van der Waals surface area contributed by atoms with E-state index in [0.717, 1.165) is 4.48 Å². The molecule has 0 saturated heterocycles. The van der Waals surface area contributed by atoms with Gasteiger partial charge in [-0.2, -0.15) is 8.78 Å². The van der Waals surface area contributed by atoms with Crippen LogP contribution in [0, 0.1) is 5.41 Å². The zero-order valence-electron chi connectivity index (χ0n) is 15.1. The lowest BCUT2D eigenvalue weighted by atomic mass is 9.73.